The molecule has 43 heteroatoms. The molecule has 0 saturated carbocycles. The fourth-order valence-corrected chi connectivity index (χ4v) is 14.0. The van der Waals surface area contributed by atoms with Crippen molar-refractivity contribution in [1.29, 1.82) is 0 Å². The average molecular weight is 1660 g/mol. The number of guanidine groups is 1. The summed E-state index contributed by atoms with van der Waals surface area (Å²) in [5, 5.41) is 58.7. The number of nitrogens with two attached hydrogens (primary N) is 5. The Morgan fingerprint density at radius 3 is 1.55 bits per heavy atom. The first-order chi connectivity index (χ1) is 54.7. The van der Waals surface area contributed by atoms with Crippen molar-refractivity contribution >= 4 is 125 Å². The number of nitrogens with zero attached hydrogens (tertiary/aromatic N) is 5. The number of aliphatic carboxylic acids is 1. The van der Waals surface area contributed by atoms with Crippen LogP contribution in [-0.4, -0.2) is 295 Å². The van der Waals surface area contributed by atoms with Crippen molar-refractivity contribution in [1.82, 2.24) is 83.2 Å². The van der Waals surface area contributed by atoms with Crippen LogP contribution in [0.3, 0.4) is 0 Å². The Morgan fingerprint density at radius 2 is 1.01 bits per heavy atom. The number of unbranched alkanes of at least 4 members (excludes halogenated alkanes) is 1. The van der Waals surface area contributed by atoms with E-state index in [2.05, 4.69) is 86.1 Å². The van der Waals surface area contributed by atoms with Gasteiger partial charge < -0.3 is 122 Å². The van der Waals surface area contributed by atoms with Crippen LogP contribution in [0.1, 0.15) is 129 Å². The molecule has 4 heterocycles. The van der Waals surface area contributed by atoms with E-state index in [9.17, 15) is 92.0 Å². The van der Waals surface area contributed by atoms with Gasteiger partial charge in [0.05, 0.1) is 32.0 Å². The molecule has 41 nitrogen and oxygen atoms in total. The van der Waals surface area contributed by atoms with E-state index in [0.717, 1.165) is 9.80 Å². The number of aliphatic hydroxyl groups is 2. The first-order valence-corrected chi connectivity index (χ1v) is 40.3. The standard InChI is InChI=1S/C72H114N22O19S2/c1-38(2)29-46(61(102)91-52(36-114)70(111)94-27-14-21-55(94)71(112)113)85-58(99)40(4)81-57(98)39(3)82-66(107)53-19-13-26-93(53)69(110)51(35-96)90-63(104)48(31-42-33-78-37-80-42)86-65(106)50(34-95)89-60(101)45(18-11-24-79-72(76)77)83-59(100)44(17-9-10-23-73)84-64(105)49(32-56(75)97)87-62(103)47(30-41-15-7-6-8-16-41)88-67(108)54-20-12-25-92(54)68(109)43(74)22-28-115-5/h6-8,15-16,33,37-40,43-55,95-96,114H,9-14,17-32,34-36,73-74H2,1-5H3,(H2,75,97)(H,78,80)(H,81,98)(H,82,107)(H,83,100)(H,84,105)(H,85,99)(H,86,106)(H,87,103)(H,88,108)(H,89,101)(H,90,104)(H,91,102)(H,112,113)(H4,76,77,79)/t39-,40-,43-,44-,45-,46-,47-,48-,49-,50-,51-,52-,53-,54-,55-/m0/s1. The molecule has 638 valence electrons. The van der Waals surface area contributed by atoms with Crippen LogP contribution in [0, 0.1) is 5.92 Å². The summed E-state index contributed by atoms with van der Waals surface area (Å²) in [6.45, 7) is 4.36. The highest BCUT2D eigenvalue weighted by Gasteiger charge is 2.44. The summed E-state index contributed by atoms with van der Waals surface area (Å²) >= 11 is 5.72. The summed E-state index contributed by atoms with van der Waals surface area (Å²) in [5.74, 6) is -14.8. The molecule has 1 aromatic heterocycles. The van der Waals surface area contributed by atoms with Gasteiger partial charge in [0.25, 0.3) is 0 Å². The zero-order chi connectivity index (χ0) is 85.2. The maximum absolute atomic E-state index is 14.6. The first-order valence-electron chi connectivity index (χ1n) is 38.3. The van der Waals surface area contributed by atoms with Gasteiger partial charge in [-0.05, 0) is 127 Å². The molecule has 115 heavy (non-hydrogen) atoms. The monoisotopic (exact) mass is 1650 g/mol. The maximum Gasteiger partial charge on any atom is 0.326 e. The highest BCUT2D eigenvalue weighted by atomic mass is 32.2. The molecule has 0 unspecified atom stereocenters. The molecule has 15 atom stereocenters. The van der Waals surface area contributed by atoms with Gasteiger partial charge >= 0.3 is 5.97 Å². The number of primary amides is 1. The molecule has 3 fully saturated rings. The second kappa shape index (κ2) is 48.2. The SMILES string of the molecule is CSCC[C@H](N)C(=O)N1CCC[C@H]1C(=O)N[C@@H](Cc1ccccc1)C(=O)N[C@@H](CC(N)=O)C(=O)N[C@@H](CCCCN)C(=O)N[C@@H](CCCN=C(N)N)C(=O)N[C@@H](CO)C(=O)N[C@@H](Cc1cnc[nH]1)C(=O)N[C@@H](CO)C(=O)N1CCC[C@H]1C(=O)N[C@@H](C)C(=O)N[C@@H](C)C(=O)N[C@@H](CC(C)C)C(=O)N[C@@H](CS)C(=O)N1CCC[C@H]1C(=O)O. The Kier molecular flexibility index (Phi) is 40.0. The summed E-state index contributed by atoms with van der Waals surface area (Å²) in [6.07, 6.45) is 5.31. The molecule has 3 aliphatic heterocycles. The van der Waals surface area contributed by atoms with E-state index in [-0.39, 0.29) is 127 Å². The normalized spacial score (nSPS) is 18.3. The number of thiol groups is 1. The molecule has 25 N–H and O–H groups in total. The molecule has 3 aliphatic rings. The van der Waals surface area contributed by atoms with E-state index in [4.69, 9.17) is 28.7 Å². The maximum atomic E-state index is 14.6. The smallest absolute Gasteiger partial charge is 0.326 e. The van der Waals surface area contributed by atoms with Crippen LogP contribution in [-0.2, 0) is 89.6 Å². The Labute approximate surface area is 675 Å². The Bertz CT molecular complexity index is 3690. The Balaban J connectivity index is 1.27. The number of imidazole rings is 1. The van der Waals surface area contributed by atoms with E-state index in [1.165, 1.54) is 43.0 Å². The third-order valence-corrected chi connectivity index (χ3v) is 20.4. The van der Waals surface area contributed by atoms with Gasteiger partial charge in [-0.3, -0.25) is 76.9 Å². The number of carbonyl (C=O) groups excluding carboxylic acids is 15. The zero-order valence-electron chi connectivity index (χ0n) is 65.3. The topological polar surface area (TPSA) is 647 Å². The van der Waals surface area contributed by atoms with Gasteiger partial charge in [0.2, 0.25) is 88.6 Å². The molecule has 0 radical (unpaired) electrons. The van der Waals surface area contributed by atoms with Crippen LogP contribution >= 0.6 is 24.4 Å². The van der Waals surface area contributed by atoms with Crippen LogP contribution in [0.2, 0.25) is 0 Å². The van der Waals surface area contributed by atoms with Crippen molar-refractivity contribution in [2.75, 3.05) is 63.7 Å². The lowest BCUT2D eigenvalue weighted by atomic mass is 10.0. The predicted molar refractivity (Wildman–Crippen MR) is 422 cm³/mol. The van der Waals surface area contributed by atoms with Crippen LogP contribution < -0.4 is 87.2 Å². The number of hydrogen-bond donors (Lipinski definition) is 21. The minimum atomic E-state index is -1.90. The molecule has 2 aromatic rings. The number of amides is 15. The van der Waals surface area contributed by atoms with Crippen LogP contribution in [0.25, 0.3) is 0 Å². The van der Waals surface area contributed by atoms with Gasteiger partial charge in [-0.15, -0.1) is 0 Å². The number of nitrogens with one attached hydrogen (secondary N) is 12. The van der Waals surface area contributed by atoms with E-state index in [1.54, 1.807) is 44.2 Å². The fourth-order valence-electron chi connectivity index (χ4n) is 13.2. The van der Waals surface area contributed by atoms with E-state index in [1.807, 2.05) is 6.26 Å². The van der Waals surface area contributed by atoms with Crippen molar-refractivity contribution in [3.63, 3.8) is 0 Å². The molecule has 15 amide bonds. The lowest BCUT2D eigenvalue weighted by Gasteiger charge is -2.30. The first kappa shape index (κ1) is 95.3. The van der Waals surface area contributed by atoms with Crippen LogP contribution in [0.15, 0.2) is 47.8 Å². The molecular weight excluding hydrogens is 1540 g/mol. The fraction of sp³-hybridized carbons (Fsp3) is 0.639. The zero-order valence-corrected chi connectivity index (χ0v) is 67.0. The second-order valence-corrected chi connectivity index (χ2v) is 30.2. The molecule has 0 aliphatic carbocycles. The molecular formula is C72H114N22O19S2. The minimum Gasteiger partial charge on any atom is -0.480 e. The highest BCUT2D eigenvalue weighted by Crippen LogP contribution is 2.23. The van der Waals surface area contributed by atoms with Gasteiger partial charge in [-0.2, -0.15) is 24.4 Å². The van der Waals surface area contributed by atoms with Crippen molar-refractivity contribution < 1.29 is 92.0 Å². The summed E-state index contributed by atoms with van der Waals surface area (Å²) in [6, 6.07) is -12.5. The van der Waals surface area contributed by atoms with Crippen molar-refractivity contribution in [3.05, 3.63) is 54.1 Å². The number of benzene rings is 1. The largest absolute Gasteiger partial charge is 0.480 e. The molecule has 1 aromatic carbocycles. The summed E-state index contributed by atoms with van der Waals surface area (Å²) in [4.78, 5) is 235. The number of carbonyl (C=O) groups is 16. The van der Waals surface area contributed by atoms with Gasteiger partial charge in [0.15, 0.2) is 5.96 Å². The summed E-state index contributed by atoms with van der Waals surface area (Å²) in [7, 11) is 0. The number of aromatic nitrogens is 2. The Hall–Kier alpha value is -10.2. The van der Waals surface area contributed by atoms with Gasteiger partial charge in [-0.25, -0.2) is 9.78 Å². The predicted octanol–water partition coefficient (Wildman–Crippen LogP) is -7.28. The van der Waals surface area contributed by atoms with Crippen LogP contribution in [0.4, 0.5) is 0 Å². The number of carboxylic acid groups (broad SMARTS) is 1. The number of carboxylic acids is 1. The van der Waals surface area contributed by atoms with Crippen molar-refractivity contribution in [3.8, 4) is 0 Å². The number of aliphatic imine (C=N–C) groups is 1. The lowest BCUT2D eigenvalue weighted by molar-refractivity contribution is -0.149. The highest BCUT2D eigenvalue weighted by molar-refractivity contribution is 7.98. The van der Waals surface area contributed by atoms with Crippen molar-refractivity contribution in [2.24, 2.45) is 39.6 Å². The van der Waals surface area contributed by atoms with Crippen molar-refractivity contribution in [2.45, 2.75) is 221 Å². The molecule has 0 bridgehead atoms. The molecule has 3 saturated heterocycles. The number of H-pyrrole nitrogens is 1. The van der Waals surface area contributed by atoms with Gasteiger partial charge in [0, 0.05) is 56.7 Å². The molecule has 0 spiro atoms. The quantitative estimate of drug-likeness (QED) is 0.0127. The lowest BCUT2D eigenvalue weighted by Crippen LogP contribution is -2.62. The summed E-state index contributed by atoms with van der Waals surface area (Å²) < 4.78 is 0. The van der Waals surface area contributed by atoms with E-state index >= 15 is 0 Å². The molecule has 5 rings (SSSR count). The van der Waals surface area contributed by atoms with E-state index < -0.39 is 205 Å². The number of rotatable bonds is 48. The second-order valence-electron chi connectivity index (χ2n) is 28.9. The number of thioether (sulfide) groups is 1. The number of aliphatic hydroxyl groups excluding tert-OH is 2. The van der Waals surface area contributed by atoms with Gasteiger partial charge in [-0.1, -0.05) is 44.2 Å². The average Bonchev–Trinajstić information content (AvgIpc) is 1.74. The minimum absolute atomic E-state index is 0.0142. The third kappa shape index (κ3) is 30.2. The van der Waals surface area contributed by atoms with E-state index in [0.29, 0.717) is 37.0 Å². The number of likely N-dealkylation sites (tertiary alicyclic amines) is 3. The van der Waals surface area contributed by atoms with Gasteiger partial charge in [0.1, 0.15) is 84.6 Å². The number of hydrogen-bond acceptors (Lipinski definition) is 24. The number of aromatic amines is 1. The Morgan fingerprint density at radius 1 is 0.548 bits per heavy atom. The van der Waals surface area contributed by atoms with Crippen LogP contribution in [0.5, 0.6) is 0 Å². The third-order valence-electron chi connectivity index (χ3n) is 19.4. The summed E-state index contributed by atoms with van der Waals surface area (Å²) in [5.41, 5.74) is 29.6.